The number of rotatable bonds is 5. The first-order valence-corrected chi connectivity index (χ1v) is 17.3. The van der Waals surface area contributed by atoms with Crippen LogP contribution in [0.1, 0.15) is 112 Å². The van der Waals surface area contributed by atoms with Gasteiger partial charge in [-0.3, -0.25) is 4.79 Å². The highest BCUT2D eigenvalue weighted by atomic mass is 32.1. The fraction of sp³-hybridized carbons (Fsp3) is 0.971. The summed E-state index contributed by atoms with van der Waals surface area (Å²) in [6.45, 7) is 12.4. The molecule has 7 fully saturated rings. The van der Waals surface area contributed by atoms with Gasteiger partial charge in [0.15, 0.2) is 12.4 Å². The predicted octanol–water partition coefficient (Wildman–Crippen LogP) is 4.86. The van der Waals surface area contributed by atoms with Crippen LogP contribution in [0.5, 0.6) is 0 Å². The lowest BCUT2D eigenvalue weighted by Crippen LogP contribution is -2.56. The van der Waals surface area contributed by atoms with Crippen LogP contribution in [-0.4, -0.2) is 76.4 Å². The molecule has 8 nitrogen and oxygen atoms in total. The van der Waals surface area contributed by atoms with Crippen LogP contribution < -0.4 is 0 Å². The molecule has 0 aromatic carbocycles. The average molecular weight is 639 g/mol. The molecule has 2 spiro atoms. The summed E-state index contributed by atoms with van der Waals surface area (Å²) >= 11 is 0. The van der Waals surface area contributed by atoms with Crippen molar-refractivity contribution in [1.82, 2.24) is 0 Å². The highest BCUT2D eigenvalue weighted by molar-refractivity contribution is 7.59. The summed E-state index contributed by atoms with van der Waals surface area (Å²) in [6, 6.07) is 0. The molecule has 7 aliphatic rings. The van der Waals surface area contributed by atoms with Crippen molar-refractivity contribution in [1.29, 1.82) is 0 Å². The lowest BCUT2D eigenvalue weighted by atomic mass is 9.46. The molecule has 14 atom stereocenters. The fourth-order valence-corrected chi connectivity index (χ4v) is 12.6. The van der Waals surface area contributed by atoms with Crippen LogP contribution in [0.2, 0.25) is 0 Å². The van der Waals surface area contributed by atoms with E-state index in [-0.39, 0.29) is 55.2 Å². The van der Waals surface area contributed by atoms with Crippen molar-refractivity contribution in [3.63, 3.8) is 0 Å². The molecule has 0 aromatic rings. The van der Waals surface area contributed by atoms with Crippen LogP contribution in [0.3, 0.4) is 0 Å². The van der Waals surface area contributed by atoms with Crippen LogP contribution in [0.15, 0.2) is 0 Å². The Morgan fingerprint density at radius 2 is 1.64 bits per heavy atom. The lowest BCUT2D eigenvalue weighted by molar-refractivity contribution is -0.264. The average Bonchev–Trinajstić information content (AvgIpc) is 3.50. The van der Waals surface area contributed by atoms with E-state index in [1.54, 1.807) is 13.8 Å². The van der Waals surface area contributed by atoms with Gasteiger partial charge in [-0.15, -0.1) is 0 Å². The number of carbonyl (C=O) groups is 1. The molecule has 252 valence electrons. The van der Waals surface area contributed by atoms with E-state index in [1.165, 1.54) is 45.4 Å². The third kappa shape index (κ3) is 4.87. The van der Waals surface area contributed by atoms with Gasteiger partial charge in [0.2, 0.25) is 0 Å². The Bertz CT molecular complexity index is 1110. The minimum atomic E-state index is -1.15. The van der Waals surface area contributed by atoms with Crippen molar-refractivity contribution < 1.29 is 39.1 Å². The Kier molecular flexibility index (Phi) is 8.42. The van der Waals surface area contributed by atoms with Crippen molar-refractivity contribution >= 4 is 19.5 Å². The van der Waals surface area contributed by atoms with Crippen molar-refractivity contribution in [2.75, 3.05) is 6.61 Å². The van der Waals surface area contributed by atoms with Gasteiger partial charge in [0, 0.05) is 13.3 Å². The normalized spacial score (nSPS) is 51.3. The van der Waals surface area contributed by atoms with Crippen molar-refractivity contribution in [3.8, 4) is 0 Å². The van der Waals surface area contributed by atoms with Crippen molar-refractivity contribution in [3.05, 3.63) is 0 Å². The second kappa shape index (κ2) is 11.1. The second-order valence-electron chi connectivity index (χ2n) is 17.3. The fourth-order valence-electron chi connectivity index (χ4n) is 12.6. The maximum absolute atomic E-state index is 11.9. The molecule has 3 N–H and O–H groups in total. The molecule has 0 amide bonds. The molecule has 7 rings (SSSR count). The van der Waals surface area contributed by atoms with E-state index in [0.29, 0.717) is 35.0 Å². The minimum Gasteiger partial charge on any atom is -0.457 e. The minimum absolute atomic E-state index is 0. The maximum Gasteiger partial charge on any atom is 0.303 e. The van der Waals surface area contributed by atoms with Gasteiger partial charge < -0.3 is 34.3 Å². The van der Waals surface area contributed by atoms with E-state index in [1.807, 2.05) is 0 Å². The van der Waals surface area contributed by atoms with Crippen LogP contribution >= 0.6 is 13.5 Å². The molecule has 5 aliphatic carbocycles. The zero-order chi connectivity index (χ0) is 30.7. The van der Waals surface area contributed by atoms with Gasteiger partial charge in [-0.05, 0) is 123 Å². The van der Waals surface area contributed by atoms with Crippen LogP contribution in [0, 0.1) is 45.3 Å². The van der Waals surface area contributed by atoms with Gasteiger partial charge in [0.1, 0.15) is 6.10 Å². The van der Waals surface area contributed by atoms with E-state index in [4.69, 9.17) is 18.9 Å². The largest absolute Gasteiger partial charge is 0.457 e. The maximum atomic E-state index is 11.9. The quantitative estimate of drug-likeness (QED) is 0.289. The van der Waals surface area contributed by atoms with Crippen LogP contribution in [-0.2, 0) is 23.7 Å². The monoisotopic (exact) mass is 638 g/mol. The van der Waals surface area contributed by atoms with E-state index < -0.39 is 30.2 Å². The lowest BCUT2D eigenvalue weighted by Gasteiger charge is -2.60. The first-order valence-electron chi connectivity index (χ1n) is 17.3. The molecule has 2 saturated heterocycles. The Hall–Kier alpha value is -0.420. The van der Waals surface area contributed by atoms with E-state index in [9.17, 15) is 20.1 Å². The molecular weight excluding hydrogens is 580 g/mol. The van der Waals surface area contributed by atoms with Gasteiger partial charge in [-0.1, -0.05) is 20.8 Å². The molecule has 0 aromatic heterocycles. The Morgan fingerprint density at radius 1 is 0.909 bits per heavy atom. The molecule has 5 saturated carbocycles. The first kappa shape index (κ1) is 33.5. The smallest absolute Gasteiger partial charge is 0.303 e. The zero-order valence-corrected chi connectivity index (χ0v) is 28.7. The Labute approximate surface area is 270 Å². The molecule has 0 radical (unpaired) electrons. The highest BCUT2D eigenvalue weighted by Crippen LogP contribution is 2.87. The van der Waals surface area contributed by atoms with E-state index in [2.05, 4.69) is 20.8 Å². The Morgan fingerprint density at radius 3 is 2.32 bits per heavy atom. The summed E-state index contributed by atoms with van der Waals surface area (Å²) in [5.41, 5.74) is 0.00131. The summed E-state index contributed by atoms with van der Waals surface area (Å²) in [5, 5.41) is 31.0. The van der Waals surface area contributed by atoms with Crippen LogP contribution in [0.25, 0.3) is 0 Å². The Balaban J connectivity index is 0.00000343. The molecule has 44 heavy (non-hydrogen) atoms. The number of aliphatic hydroxyl groups is 3. The summed E-state index contributed by atoms with van der Waals surface area (Å²) < 4.78 is 24.8. The van der Waals surface area contributed by atoms with E-state index >= 15 is 0 Å². The SMILES string of the molecule is CC(=O)O[C@@H](C1CCC2C(CC3C4CCC5C(C)(C)[C@@H](OC6C[C@@H](O)C(O)CO6)CC[C@@]56C[C@@]46CC[C@]23C)O1)C(C)(C)O.S. The summed E-state index contributed by atoms with van der Waals surface area (Å²) in [7, 11) is 0. The number of carbonyl (C=O) groups excluding carboxylic acids is 1. The summed E-state index contributed by atoms with van der Waals surface area (Å²) in [6.07, 6.45) is 9.32. The predicted molar refractivity (Wildman–Crippen MR) is 169 cm³/mol. The zero-order valence-electron chi connectivity index (χ0n) is 27.7. The van der Waals surface area contributed by atoms with Crippen molar-refractivity contribution in [2.45, 2.75) is 161 Å². The number of hydrogen-bond donors (Lipinski definition) is 3. The van der Waals surface area contributed by atoms with Gasteiger partial charge in [-0.25, -0.2) is 0 Å². The highest BCUT2D eigenvalue weighted by Gasteiger charge is 2.80. The standard InChI is InChI=1S/C35H56O8.H2S/c1-19(36)41-30(32(4,5)39)25-9-7-21-26(42-25)15-22-20-8-10-27-31(2,3)28(43-29-16-23(37)24(38)17-40-29)11-12-35(27)18-34(20,35)14-13-33(21,22)6;/h20-30,37-39H,7-18H2,1-6H3;1H2/t20?,21?,22?,23-,24?,25?,26?,27?,28+,29?,30+,33-,34+,35-;/m1./s1. The number of hydrogen-bond acceptors (Lipinski definition) is 8. The number of esters is 1. The number of aliphatic hydroxyl groups excluding tert-OH is 2. The molecule has 0 bridgehead atoms. The molecule has 8 unspecified atom stereocenters. The third-order valence-corrected chi connectivity index (χ3v) is 14.5. The van der Waals surface area contributed by atoms with Gasteiger partial charge in [0.05, 0.1) is 36.6 Å². The summed E-state index contributed by atoms with van der Waals surface area (Å²) in [4.78, 5) is 11.9. The first-order chi connectivity index (χ1) is 20.1. The second-order valence-corrected chi connectivity index (χ2v) is 17.3. The number of ether oxygens (including phenoxy) is 4. The topological polar surface area (TPSA) is 115 Å². The molecule has 2 aliphatic heterocycles. The van der Waals surface area contributed by atoms with Crippen molar-refractivity contribution in [2.24, 2.45) is 45.3 Å². The van der Waals surface area contributed by atoms with Gasteiger partial charge >= 0.3 is 5.97 Å². The van der Waals surface area contributed by atoms with Gasteiger partial charge in [0.25, 0.3) is 0 Å². The molecular formula is C35H58O8S. The van der Waals surface area contributed by atoms with E-state index in [0.717, 1.165) is 31.6 Å². The number of fused-ring (bicyclic) bond motifs is 4. The van der Waals surface area contributed by atoms with Crippen LogP contribution in [0.4, 0.5) is 0 Å². The molecule has 2 heterocycles. The molecule has 9 heteroatoms. The third-order valence-electron chi connectivity index (χ3n) is 14.5. The summed E-state index contributed by atoms with van der Waals surface area (Å²) in [5.74, 6) is 2.18. The van der Waals surface area contributed by atoms with Gasteiger partial charge in [-0.2, -0.15) is 13.5 Å².